The van der Waals surface area contributed by atoms with Crippen LogP contribution >= 0.6 is 0 Å². The maximum absolute atomic E-state index is 11.5. The minimum atomic E-state index is -1.56. The molecule has 0 bridgehead atoms. The van der Waals surface area contributed by atoms with Crippen LogP contribution in [0.5, 0.6) is 5.75 Å². The topological polar surface area (TPSA) is 72.5 Å². The van der Waals surface area contributed by atoms with E-state index in [2.05, 4.69) is 6.92 Å². The van der Waals surface area contributed by atoms with E-state index in [4.69, 9.17) is 10.5 Å². The average Bonchev–Trinajstić information content (AvgIpc) is 2.53. The molecule has 0 aliphatic heterocycles. The maximum atomic E-state index is 11.5. The SMILES string of the molecule is CCc1ccc(OCC(N)(C(=O)O)c2ccccc2)cc1. The van der Waals surface area contributed by atoms with Gasteiger partial charge in [-0.3, -0.25) is 0 Å². The van der Waals surface area contributed by atoms with Gasteiger partial charge >= 0.3 is 5.97 Å². The largest absolute Gasteiger partial charge is 0.491 e. The number of nitrogens with two attached hydrogens (primary N) is 1. The highest BCUT2D eigenvalue weighted by molar-refractivity contribution is 5.80. The summed E-state index contributed by atoms with van der Waals surface area (Å²) in [7, 11) is 0. The molecule has 0 amide bonds. The number of carboxylic acid groups (broad SMARTS) is 1. The summed E-state index contributed by atoms with van der Waals surface area (Å²) in [4.78, 5) is 11.5. The van der Waals surface area contributed by atoms with Crippen LogP contribution in [0.1, 0.15) is 18.1 Å². The van der Waals surface area contributed by atoms with Gasteiger partial charge in [0.05, 0.1) is 0 Å². The van der Waals surface area contributed by atoms with E-state index in [9.17, 15) is 9.90 Å². The number of aliphatic carboxylic acids is 1. The zero-order chi connectivity index (χ0) is 15.3. The molecule has 4 heteroatoms. The first kappa shape index (κ1) is 15.1. The average molecular weight is 285 g/mol. The number of carbonyl (C=O) groups is 1. The van der Waals surface area contributed by atoms with Crippen LogP contribution in [0.4, 0.5) is 0 Å². The van der Waals surface area contributed by atoms with Crippen LogP contribution in [-0.2, 0) is 16.8 Å². The molecule has 0 aromatic heterocycles. The zero-order valence-corrected chi connectivity index (χ0v) is 12.0. The molecule has 0 fully saturated rings. The van der Waals surface area contributed by atoms with Gasteiger partial charge in [0.15, 0.2) is 5.54 Å². The highest BCUT2D eigenvalue weighted by Gasteiger charge is 2.37. The van der Waals surface area contributed by atoms with E-state index in [0.29, 0.717) is 11.3 Å². The van der Waals surface area contributed by atoms with Gasteiger partial charge in [-0.05, 0) is 29.7 Å². The van der Waals surface area contributed by atoms with Crippen molar-refractivity contribution in [1.82, 2.24) is 0 Å². The monoisotopic (exact) mass is 285 g/mol. The van der Waals surface area contributed by atoms with E-state index in [1.807, 2.05) is 30.3 Å². The minimum absolute atomic E-state index is 0.127. The Morgan fingerprint density at radius 1 is 1.14 bits per heavy atom. The van der Waals surface area contributed by atoms with Gasteiger partial charge in [-0.2, -0.15) is 0 Å². The van der Waals surface area contributed by atoms with E-state index in [1.54, 1.807) is 24.3 Å². The van der Waals surface area contributed by atoms with Gasteiger partial charge in [-0.15, -0.1) is 0 Å². The second-order valence-corrected chi connectivity index (χ2v) is 4.93. The number of ether oxygens (including phenoxy) is 1. The molecule has 3 N–H and O–H groups in total. The molecule has 2 aromatic carbocycles. The maximum Gasteiger partial charge on any atom is 0.331 e. The van der Waals surface area contributed by atoms with Gasteiger partial charge in [-0.1, -0.05) is 49.4 Å². The zero-order valence-electron chi connectivity index (χ0n) is 12.0. The van der Waals surface area contributed by atoms with Crippen LogP contribution in [0.15, 0.2) is 54.6 Å². The van der Waals surface area contributed by atoms with Crippen LogP contribution in [0, 0.1) is 0 Å². The second kappa shape index (κ2) is 6.41. The van der Waals surface area contributed by atoms with Gasteiger partial charge in [0.2, 0.25) is 0 Å². The number of aryl methyl sites for hydroxylation is 1. The Balaban J connectivity index is 2.15. The summed E-state index contributed by atoms with van der Waals surface area (Å²) in [6, 6.07) is 16.3. The molecule has 0 radical (unpaired) electrons. The summed E-state index contributed by atoms with van der Waals surface area (Å²) in [5.74, 6) is -0.502. The quantitative estimate of drug-likeness (QED) is 0.855. The number of rotatable bonds is 6. The number of benzene rings is 2. The molecule has 2 aromatic rings. The van der Waals surface area contributed by atoms with Crippen LogP contribution in [0.3, 0.4) is 0 Å². The molecule has 0 saturated carbocycles. The first-order chi connectivity index (χ1) is 10.1. The Hall–Kier alpha value is -2.33. The summed E-state index contributed by atoms with van der Waals surface area (Å²) < 4.78 is 5.58. The highest BCUT2D eigenvalue weighted by Crippen LogP contribution is 2.21. The van der Waals surface area contributed by atoms with Crippen LogP contribution < -0.4 is 10.5 Å². The fourth-order valence-electron chi connectivity index (χ4n) is 2.02. The van der Waals surface area contributed by atoms with E-state index < -0.39 is 11.5 Å². The number of hydrogen-bond donors (Lipinski definition) is 2. The van der Waals surface area contributed by atoms with Crippen LogP contribution in [-0.4, -0.2) is 17.7 Å². The van der Waals surface area contributed by atoms with Crippen LogP contribution in [0.25, 0.3) is 0 Å². The molecule has 0 spiro atoms. The molecular weight excluding hydrogens is 266 g/mol. The molecule has 0 aliphatic rings. The van der Waals surface area contributed by atoms with Gasteiger partial charge < -0.3 is 15.6 Å². The van der Waals surface area contributed by atoms with Crippen molar-refractivity contribution in [2.75, 3.05) is 6.61 Å². The summed E-state index contributed by atoms with van der Waals surface area (Å²) in [6.45, 7) is 1.94. The summed E-state index contributed by atoms with van der Waals surface area (Å²) in [5, 5.41) is 9.44. The normalized spacial score (nSPS) is 13.4. The predicted octanol–water partition coefficient (Wildman–Crippen LogP) is 2.57. The third-order valence-corrected chi connectivity index (χ3v) is 3.47. The van der Waals surface area contributed by atoms with Gasteiger partial charge in [-0.25, -0.2) is 4.79 Å². The second-order valence-electron chi connectivity index (χ2n) is 4.93. The van der Waals surface area contributed by atoms with E-state index >= 15 is 0 Å². The Morgan fingerprint density at radius 2 is 1.76 bits per heavy atom. The number of hydrogen-bond acceptors (Lipinski definition) is 3. The highest BCUT2D eigenvalue weighted by atomic mass is 16.5. The lowest BCUT2D eigenvalue weighted by Gasteiger charge is -2.25. The molecule has 21 heavy (non-hydrogen) atoms. The molecule has 4 nitrogen and oxygen atoms in total. The standard InChI is InChI=1S/C17H19NO3/c1-2-13-8-10-15(11-9-13)21-12-17(18,16(19)20)14-6-4-3-5-7-14/h3-11H,2,12,18H2,1H3,(H,19,20). The Morgan fingerprint density at radius 3 is 2.29 bits per heavy atom. The molecule has 0 saturated heterocycles. The lowest BCUT2D eigenvalue weighted by atomic mass is 9.92. The minimum Gasteiger partial charge on any atom is -0.491 e. The number of carboxylic acids is 1. The molecule has 1 atom stereocenters. The molecule has 0 aliphatic carbocycles. The first-order valence-electron chi connectivity index (χ1n) is 6.86. The summed E-state index contributed by atoms with van der Waals surface area (Å²) >= 11 is 0. The molecule has 0 heterocycles. The van der Waals surface area contributed by atoms with Gasteiger partial charge in [0, 0.05) is 0 Å². The van der Waals surface area contributed by atoms with E-state index in [1.165, 1.54) is 5.56 Å². The lowest BCUT2D eigenvalue weighted by Crippen LogP contribution is -2.49. The Labute approximate surface area is 124 Å². The Kier molecular flexibility index (Phi) is 4.60. The molecule has 2 rings (SSSR count). The van der Waals surface area contributed by atoms with Crippen molar-refractivity contribution in [2.45, 2.75) is 18.9 Å². The van der Waals surface area contributed by atoms with Gasteiger partial charge in [0.25, 0.3) is 0 Å². The van der Waals surface area contributed by atoms with Crippen molar-refractivity contribution < 1.29 is 14.6 Å². The van der Waals surface area contributed by atoms with Crippen LogP contribution in [0.2, 0.25) is 0 Å². The molecule has 1 unspecified atom stereocenters. The summed E-state index contributed by atoms with van der Waals surface area (Å²) in [6.07, 6.45) is 0.945. The predicted molar refractivity (Wildman–Crippen MR) is 81.3 cm³/mol. The summed E-state index contributed by atoms with van der Waals surface area (Å²) in [5.41, 5.74) is 6.19. The van der Waals surface area contributed by atoms with Crippen molar-refractivity contribution in [3.63, 3.8) is 0 Å². The van der Waals surface area contributed by atoms with Gasteiger partial charge in [0.1, 0.15) is 12.4 Å². The van der Waals surface area contributed by atoms with Crippen molar-refractivity contribution in [3.05, 3.63) is 65.7 Å². The van der Waals surface area contributed by atoms with Crippen molar-refractivity contribution >= 4 is 5.97 Å². The van der Waals surface area contributed by atoms with Crippen molar-refractivity contribution in [1.29, 1.82) is 0 Å². The van der Waals surface area contributed by atoms with E-state index in [0.717, 1.165) is 6.42 Å². The molecular formula is C17H19NO3. The third kappa shape index (κ3) is 3.41. The smallest absolute Gasteiger partial charge is 0.331 e. The molecule has 110 valence electrons. The van der Waals surface area contributed by atoms with E-state index in [-0.39, 0.29) is 6.61 Å². The fourth-order valence-corrected chi connectivity index (χ4v) is 2.02. The first-order valence-corrected chi connectivity index (χ1v) is 6.86. The van der Waals surface area contributed by atoms with Crippen molar-refractivity contribution in [3.8, 4) is 5.75 Å². The third-order valence-electron chi connectivity index (χ3n) is 3.47. The Bertz CT molecular complexity index is 595. The fraction of sp³-hybridized carbons (Fsp3) is 0.235. The van der Waals surface area contributed by atoms with Crippen molar-refractivity contribution in [2.24, 2.45) is 5.73 Å². The lowest BCUT2D eigenvalue weighted by molar-refractivity contribution is -0.145.